The van der Waals surface area contributed by atoms with Crippen molar-refractivity contribution in [2.75, 3.05) is 6.54 Å². The highest BCUT2D eigenvalue weighted by Crippen LogP contribution is 2.41. The molecule has 1 fully saturated rings. The first-order valence-corrected chi connectivity index (χ1v) is 6.08. The van der Waals surface area contributed by atoms with Gasteiger partial charge in [-0.1, -0.05) is 30.3 Å². The minimum atomic E-state index is -1.10. The lowest BCUT2D eigenvalue weighted by Gasteiger charge is -2.35. The second-order valence-electron chi connectivity index (χ2n) is 4.79. The Bertz CT molecular complexity index is 445. The van der Waals surface area contributed by atoms with Crippen molar-refractivity contribution in [1.82, 2.24) is 5.32 Å². The van der Waals surface area contributed by atoms with Crippen LogP contribution in [0.1, 0.15) is 18.4 Å². The van der Waals surface area contributed by atoms with E-state index in [0.29, 0.717) is 5.84 Å². The van der Waals surface area contributed by atoms with Gasteiger partial charge in [-0.15, -0.1) is 0 Å². The summed E-state index contributed by atoms with van der Waals surface area (Å²) in [5, 5.41) is 14.2. The van der Waals surface area contributed by atoms with Crippen LogP contribution in [0.25, 0.3) is 0 Å². The van der Waals surface area contributed by atoms with Crippen LogP contribution >= 0.6 is 0 Å². The van der Waals surface area contributed by atoms with E-state index in [1.54, 1.807) is 0 Å². The molecule has 3 unspecified atom stereocenters. The number of benzene rings is 1. The molecule has 0 spiro atoms. The Labute approximate surface area is 101 Å². The van der Waals surface area contributed by atoms with Crippen LogP contribution in [0.4, 0.5) is 0 Å². The van der Waals surface area contributed by atoms with E-state index < -0.39 is 5.60 Å². The number of piperidine rings is 1. The maximum atomic E-state index is 10.9. The first-order chi connectivity index (χ1) is 8.23. The molecule has 0 radical (unpaired) electrons. The van der Waals surface area contributed by atoms with E-state index in [1.165, 1.54) is 0 Å². The number of hydrogen-bond acceptors (Lipinski definition) is 4. The lowest BCUT2D eigenvalue weighted by Crippen LogP contribution is -2.49. The molecule has 2 aliphatic rings. The predicted molar refractivity (Wildman–Crippen MR) is 66.5 cm³/mol. The van der Waals surface area contributed by atoms with Crippen LogP contribution in [0.3, 0.4) is 0 Å². The summed E-state index contributed by atoms with van der Waals surface area (Å²) < 4.78 is 0. The van der Waals surface area contributed by atoms with Gasteiger partial charge in [0.15, 0.2) is 5.60 Å². The Hall–Kier alpha value is -1.39. The van der Waals surface area contributed by atoms with E-state index in [1.807, 2.05) is 30.3 Å². The summed E-state index contributed by atoms with van der Waals surface area (Å²) >= 11 is 0. The first-order valence-electron chi connectivity index (χ1n) is 6.08. The fourth-order valence-electron chi connectivity index (χ4n) is 2.94. The Morgan fingerprint density at radius 3 is 2.88 bits per heavy atom. The van der Waals surface area contributed by atoms with Gasteiger partial charge in [-0.3, -0.25) is 10.3 Å². The average molecular weight is 231 g/mol. The van der Waals surface area contributed by atoms with E-state index in [4.69, 9.17) is 5.73 Å². The van der Waals surface area contributed by atoms with E-state index >= 15 is 0 Å². The average Bonchev–Trinajstić information content (AvgIpc) is 2.64. The summed E-state index contributed by atoms with van der Waals surface area (Å²) in [4.78, 5) is 4.37. The van der Waals surface area contributed by atoms with Crippen molar-refractivity contribution in [2.45, 2.75) is 24.6 Å². The van der Waals surface area contributed by atoms with Crippen LogP contribution in [0.2, 0.25) is 0 Å². The Balaban J connectivity index is 2.04. The molecule has 90 valence electrons. The summed E-state index contributed by atoms with van der Waals surface area (Å²) in [7, 11) is 0. The van der Waals surface area contributed by atoms with Crippen molar-refractivity contribution in [3.05, 3.63) is 35.9 Å². The van der Waals surface area contributed by atoms with Crippen LogP contribution in [-0.2, 0) is 5.60 Å². The van der Waals surface area contributed by atoms with Crippen molar-refractivity contribution < 1.29 is 5.11 Å². The highest BCUT2D eigenvalue weighted by atomic mass is 16.3. The molecule has 17 heavy (non-hydrogen) atoms. The third-order valence-corrected chi connectivity index (χ3v) is 3.85. The number of aliphatic imine (C=N–C) groups is 1. The van der Waals surface area contributed by atoms with Crippen molar-refractivity contribution >= 4 is 5.84 Å². The topological polar surface area (TPSA) is 70.6 Å². The van der Waals surface area contributed by atoms with Crippen molar-refractivity contribution in [1.29, 1.82) is 0 Å². The molecular formula is C13H17N3O. The lowest BCUT2D eigenvalue weighted by molar-refractivity contribution is 0.0270. The molecule has 0 saturated carbocycles. The number of fused-ring (bicyclic) bond motifs is 1. The van der Waals surface area contributed by atoms with Gasteiger partial charge in [0, 0.05) is 5.92 Å². The van der Waals surface area contributed by atoms with E-state index in [-0.39, 0.29) is 12.1 Å². The normalized spacial score (nSPS) is 36.4. The zero-order chi connectivity index (χ0) is 11.9. The smallest absolute Gasteiger partial charge is 0.152 e. The van der Waals surface area contributed by atoms with Gasteiger partial charge in [-0.25, -0.2) is 0 Å². The SMILES string of the molecule is NC1=NC2NCCCC2C1(O)c1ccccc1. The molecule has 1 saturated heterocycles. The number of aliphatic hydroxyl groups is 1. The molecular weight excluding hydrogens is 214 g/mol. The second-order valence-corrected chi connectivity index (χ2v) is 4.79. The Morgan fingerprint density at radius 2 is 2.12 bits per heavy atom. The zero-order valence-corrected chi connectivity index (χ0v) is 9.63. The van der Waals surface area contributed by atoms with Gasteiger partial charge < -0.3 is 10.8 Å². The van der Waals surface area contributed by atoms with Gasteiger partial charge in [0.05, 0.1) is 0 Å². The molecule has 3 atom stereocenters. The van der Waals surface area contributed by atoms with Gasteiger partial charge >= 0.3 is 0 Å². The minimum absolute atomic E-state index is 0.0334. The van der Waals surface area contributed by atoms with Crippen LogP contribution < -0.4 is 11.1 Å². The molecule has 1 aromatic carbocycles. The third kappa shape index (κ3) is 1.48. The number of nitrogens with one attached hydrogen (secondary N) is 1. The number of amidine groups is 1. The summed E-state index contributed by atoms with van der Waals surface area (Å²) in [6, 6.07) is 9.61. The summed E-state index contributed by atoms with van der Waals surface area (Å²) in [6.07, 6.45) is 1.97. The zero-order valence-electron chi connectivity index (χ0n) is 9.63. The highest BCUT2D eigenvalue weighted by molar-refractivity contribution is 5.92. The molecule has 0 amide bonds. The fourth-order valence-corrected chi connectivity index (χ4v) is 2.94. The van der Waals surface area contributed by atoms with E-state index in [9.17, 15) is 5.11 Å². The number of nitrogens with zero attached hydrogens (tertiary/aromatic N) is 1. The molecule has 0 aromatic heterocycles. The highest BCUT2D eigenvalue weighted by Gasteiger charge is 2.51. The molecule has 4 N–H and O–H groups in total. The van der Waals surface area contributed by atoms with Gasteiger partial charge in [-0.2, -0.15) is 0 Å². The molecule has 0 bridgehead atoms. The Morgan fingerprint density at radius 1 is 1.35 bits per heavy atom. The van der Waals surface area contributed by atoms with Gasteiger partial charge in [0.25, 0.3) is 0 Å². The standard InChI is InChI=1S/C13H17N3O/c14-12-13(17,9-5-2-1-3-6-9)10-7-4-8-15-11(10)16-12/h1-3,5-6,10-11,15,17H,4,7-8H2,(H2,14,16). The van der Waals surface area contributed by atoms with Crippen LogP contribution in [0.5, 0.6) is 0 Å². The largest absolute Gasteiger partial charge is 0.385 e. The van der Waals surface area contributed by atoms with Crippen LogP contribution in [-0.4, -0.2) is 23.7 Å². The quantitative estimate of drug-likeness (QED) is 0.662. The summed E-state index contributed by atoms with van der Waals surface area (Å²) in [5.41, 5.74) is 5.71. The minimum Gasteiger partial charge on any atom is -0.385 e. The second kappa shape index (κ2) is 3.82. The number of hydrogen-bond donors (Lipinski definition) is 3. The fraction of sp³-hybridized carbons (Fsp3) is 0.462. The molecule has 2 heterocycles. The van der Waals surface area contributed by atoms with Gasteiger partial charge in [-0.05, 0) is 24.9 Å². The van der Waals surface area contributed by atoms with E-state index in [2.05, 4.69) is 10.3 Å². The maximum absolute atomic E-state index is 10.9. The van der Waals surface area contributed by atoms with Gasteiger partial charge in [0.1, 0.15) is 12.0 Å². The van der Waals surface area contributed by atoms with E-state index in [0.717, 1.165) is 24.9 Å². The molecule has 1 aromatic rings. The number of rotatable bonds is 1. The lowest BCUT2D eigenvalue weighted by atomic mass is 9.77. The molecule has 4 heteroatoms. The molecule has 4 nitrogen and oxygen atoms in total. The maximum Gasteiger partial charge on any atom is 0.152 e. The first kappa shape index (κ1) is 10.7. The molecule has 0 aliphatic carbocycles. The summed E-state index contributed by atoms with van der Waals surface area (Å²) in [6.45, 7) is 0.947. The van der Waals surface area contributed by atoms with Crippen LogP contribution in [0, 0.1) is 5.92 Å². The van der Waals surface area contributed by atoms with Crippen molar-refractivity contribution in [3.8, 4) is 0 Å². The summed E-state index contributed by atoms with van der Waals surface area (Å²) in [5.74, 6) is 0.395. The molecule has 2 aliphatic heterocycles. The third-order valence-electron chi connectivity index (χ3n) is 3.85. The molecule has 3 rings (SSSR count). The Kier molecular flexibility index (Phi) is 2.42. The van der Waals surface area contributed by atoms with Crippen molar-refractivity contribution in [3.63, 3.8) is 0 Å². The number of nitrogens with two attached hydrogens (primary N) is 1. The monoisotopic (exact) mass is 231 g/mol. The predicted octanol–water partition coefficient (Wildman–Crippen LogP) is 0.571. The van der Waals surface area contributed by atoms with Crippen molar-refractivity contribution in [2.24, 2.45) is 16.6 Å². The van der Waals surface area contributed by atoms with Crippen LogP contribution in [0.15, 0.2) is 35.3 Å². The van der Waals surface area contributed by atoms with Gasteiger partial charge in [0.2, 0.25) is 0 Å².